The van der Waals surface area contributed by atoms with Crippen LogP contribution in [0.5, 0.6) is 5.75 Å². The van der Waals surface area contributed by atoms with Crippen LogP contribution in [0.3, 0.4) is 0 Å². The first-order valence-electron chi connectivity index (χ1n) is 8.43. The van der Waals surface area contributed by atoms with E-state index in [0.717, 1.165) is 17.7 Å². The summed E-state index contributed by atoms with van der Waals surface area (Å²) in [5.41, 5.74) is 1.13. The number of rotatable bonds is 7. The molecule has 1 aromatic rings. The molecule has 1 fully saturated rings. The largest absolute Gasteiger partial charge is 0.497 e. The molecule has 7 nitrogen and oxygen atoms in total. The Morgan fingerprint density at radius 3 is 2.36 bits per heavy atom. The Labute approximate surface area is 150 Å². The molecule has 25 heavy (non-hydrogen) atoms. The number of nitrogens with one attached hydrogen (secondary N) is 1. The Hall–Kier alpha value is -1.64. The number of methoxy groups -OCH3 is 1. The van der Waals surface area contributed by atoms with Crippen LogP contribution in [0.1, 0.15) is 18.4 Å². The number of piperidine rings is 1. The highest BCUT2D eigenvalue weighted by Gasteiger charge is 2.31. The average molecular weight is 369 g/mol. The van der Waals surface area contributed by atoms with Crippen LogP contribution in [-0.2, 0) is 21.4 Å². The topological polar surface area (TPSA) is 79.0 Å². The average Bonchev–Trinajstić information content (AvgIpc) is 2.62. The lowest BCUT2D eigenvalue weighted by Crippen LogP contribution is -2.47. The number of hydrogen-bond donors (Lipinski definition) is 1. The van der Waals surface area contributed by atoms with Crippen molar-refractivity contribution in [2.75, 3.05) is 40.8 Å². The molecule has 1 heterocycles. The SMILES string of the molecule is COc1ccc(CCNC(=O)C2CCN(S(=O)(=O)N(C)C)CC2)cc1. The highest BCUT2D eigenvalue weighted by atomic mass is 32.2. The minimum absolute atomic E-state index is 0.00964. The van der Waals surface area contributed by atoms with Crippen molar-refractivity contribution >= 4 is 16.1 Å². The molecule has 2 rings (SSSR count). The quantitative estimate of drug-likeness (QED) is 0.774. The van der Waals surface area contributed by atoms with Crippen molar-refractivity contribution in [1.29, 1.82) is 0 Å². The molecule has 0 bridgehead atoms. The monoisotopic (exact) mass is 369 g/mol. The summed E-state index contributed by atoms with van der Waals surface area (Å²) < 4.78 is 31.9. The Kier molecular flexibility index (Phi) is 6.80. The van der Waals surface area contributed by atoms with Gasteiger partial charge in [0.05, 0.1) is 7.11 Å². The third-order valence-electron chi connectivity index (χ3n) is 4.48. The van der Waals surface area contributed by atoms with Gasteiger partial charge in [0, 0.05) is 39.6 Å². The molecule has 0 aromatic heterocycles. The fraction of sp³-hybridized carbons (Fsp3) is 0.588. The van der Waals surface area contributed by atoms with E-state index in [2.05, 4.69) is 5.32 Å². The molecule has 1 aliphatic rings. The van der Waals surface area contributed by atoms with Crippen molar-refractivity contribution in [2.45, 2.75) is 19.3 Å². The minimum Gasteiger partial charge on any atom is -0.497 e. The van der Waals surface area contributed by atoms with E-state index in [0.29, 0.717) is 32.5 Å². The smallest absolute Gasteiger partial charge is 0.281 e. The normalized spacial score (nSPS) is 16.8. The van der Waals surface area contributed by atoms with Gasteiger partial charge in [-0.1, -0.05) is 12.1 Å². The van der Waals surface area contributed by atoms with E-state index < -0.39 is 10.2 Å². The van der Waals surface area contributed by atoms with Crippen molar-refractivity contribution in [3.63, 3.8) is 0 Å². The number of benzene rings is 1. The maximum absolute atomic E-state index is 12.3. The zero-order valence-electron chi connectivity index (χ0n) is 15.1. The second-order valence-corrected chi connectivity index (χ2v) is 8.49. The number of hydrogen-bond acceptors (Lipinski definition) is 4. The van der Waals surface area contributed by atoms with Gasteiger partial charge in [-0.3, -0.25) is 4.79 Å². The molecule has 8 heteroatoms. The fourth-order valence-electron chi connectivity index (χ4n) is 2.85. The summed E-state index contributed by atoms with van der Waals surface area (Å²) in [4.78, 5) is 12.3. The predicted molar refractivity (Wildman–Crippen MR) is 96.6 cm³/mol. The summed E-state index contributed by atoms with van der Waals surface area (Å²) >= 11 is 0. The molecular formula is C17H27N3O4S. The van der Waals surface area contributed by atoms with Crippen LogP contribution in [0.4, 0.5) is 0 Å². The van der Waals surface area contributed by atoms with Crippen molar-refractivity contribution in [3.8, 4) is 5.75 Å². The first-order chi connectivity index (χ1) is 11.8. The Morgan fingerprint density at radius 1 is 1.24 bits per heavy atom. The second kappa shape index (κ2) is 8.64. The standard InChI is InChI=1S/C17H27N3O4S/c1-19(2)25(22,23)20-12-9-15(10-13-20)17(21)18-11-8-14-4-6-16(24-3)7-5-14/h4-7,15H,8-13H2,1-3H3,(H,18,21). The summed E-state index contributed by atoms with van der Waals surface area (Å²) in [5.74, 6) is 0.701. The lowest BCUT2D eigenvalue weighted by molar-refractivity contribution is -0.126. The van der Waals surface area contributed by atoms with Crippen LogP contribution in [0.25, 0.3) is 0 Å². The molecule has 0 spiro atoms. The first kappa shape index (κ1) is 19.7. The molecule has 0 radical (unpaired) electrons. The van der Waals surface area contributed by atoms with E-state index in [1.807, 2.05) is 24.3 Å². The van der Waals surface area contributed by atoms with E-state index in [1.54, 1.807) is 7.11 Å². The van der Waals surface area contributed by atoms with Gasteiger partial charge in [0.25, 0.3) is 10.2 Å². The summed E-state index contributed by atoms with van der Waals surface area (Å²) in [5, 5.41) is 2.96. The molecule has 140 valence electrons. The molecular weight excluding hydrogens is 342 g/mol. The molecule has 1 saturated heterocycles. The van der Waals surface area contributed by atoms with Crippen LogP contribution >= 0.6 is 0 Å². The van der Waals surface area contributed by atoms with Gasteiger partial charge in [0.1, 0.15) is 5.75 Å². The van der Waals surface area contributed by atoms with E-state index >= 15 is 0 Å². The lowest BCUT2D eigenvalue weighted by Gasteiger charge is -2.32. The van der Waals surface area contributed by atoms with Gasteiger partial charge in [-0.05, 0) is 37.0 Å². The number of nitrogens with zero attached hydrogens (tertiary/aromatic N) is 2. The maximum Gasteiger partial charge on any atom is 0.281 e. The van der Waals surface area contributed by atoms with Gasteiger partial charge in [-0.2, -0.15) is 17.0 Å². The predicted octanol–water partition coefficient (Wildman–Crippen LogP) is 0.872. The Morgan fingerprint density at radius 2 is 1.84 bits per heavy atom. The zero-order chi connectivity index (χ0) is 18.4. The number of carbonyl (C=O) groups excluding carboxylic acids is 1. The van der Waals surface area contributed by atoms with E-state index in [1.165, 1.54) is 22.7 Å². The molecule has 1 aliphatic heterocycles. The summed E-state index contributed by atoms with van der Waals surface area (Å²) in [6.07, 6.45) is 1.87. The highest BCUT2D eigenvalue weighted by molar-refractivity contribution is 7.86. The summed E-state index contributed by atoms with van der Waals surface area (Å²) in [7, 11) is 1.29. The van der Waals surface area contributed by atoms with Crippen molar-refractivity contribution in [1.82, 2.24) is 13.9 Å². The van der Waals surface area contributed by atoms with Gasteiger partial charge in [-0.25, -0.2) is 0 Å². The first-order valence-corrected chi connectivity index (χ1v) is 9.82. The van der Waals surface area contributed by atoms with Crippen LogP contribution < -0.4 is 10.1 Å². The van der Waals surface area contributed by atoms with Gasteiger partial charge in [0.15, 0.2) is 0 Å². The molecule has 1 aromatic carbocycles. The summed E-state index contributed by atoms with van der Waals surface area (Å²) in [6, 6.07) is 7.77. The van der Waals surface area contributed by atoms with Gasteiger partial charge < -0.3 is 10.1 Å². The van der Waals surface area contributed by atoms with Gasteiger partial charge in [-0.15, -0.1) is 0 Å². The third kappa shape index (κ3) is 5.17. The van der Waals surface area contributed by atoms with Crippen LogP contribution in [-0.4, -0.2) is 63.8 Å². The molecule has 0 saturated carbocycles. The number of ether oxygens (including phenoxy) is 1. The molecule has 1 N–H and O–H groups in total. The van der Waals surface area contributed by atoms with Crippen LogP contribution in [0.15, 0.2) is 24.3 Å². The Bertz CT molecular complexity index is 666. The fourth-order valence-corrected chi connectivity index (χ4v) is 3.98. The highest BCUT2D eigenvalue weighted by Crippen LogP contribution is 2.20. The van der Waals surface area contributed by atoms with Crippen LogP contribution in [0.2, 0.25) is 0 Å². The maximum atomic E-state index is 12.3. The molecule has 0 aliphatic carbocycles. The van der Waals surface area contributed by atoms with Gasteiger partial charge >= 0.3 is 0 Å². The zero-order valence-corrected chi connectivity index (χ0v) is 15.9. The number of amides is 1. The second-order valence-electron chi connectivity index (χ2n) is 6.35. The van der Waals surface area contributed by atoms with Crippen molar-refractivity contribution in [3.05, 3.63) is 29.8 Å². The van der Waals surface area contributed by atoms with Gasteiger partial charge in [0.2, 0.25) is 5.91 Å². The van der Waals surface area contributed by atoms with Crippen molar-refractivity contribution in [2.24, 2.45) is 5.92 Å². The molecule has 0 unspecified atom stereocenters. The van der Waals surface area contributed by atoms with Crippen molar-refractivity contribution < 1.29 is 17.9 Å². The molecule has 1 amide bonds. The van der Waals surface area contributed by atoms with E-state index in [4.69, 9.17) is 4.74 Å². The van der Waals surface area contributed by atoms with E-state index in [-0.39, 0.29) is 11.8 Å². The summed E-state index contributed by atoms with van der Waals surface area (Å²) in [6.45, 7) is 1.34. The molecule has 0 atom stereocenters. The third-order valence-corrected chi connectivity index (χ3v) is 6.43. The lowest BCUT2D eigenvalue weighted by atomic mass is 9.97. The number of carbonyl (C=O) groups is 1. The van der Waals surface area contributed by atoms with Crippen LogP contribution in [0, 0.1) is 5.92 Å². The Balaban J connectivity index is 1.75. The van der Waals surface area contributed by atoms with E-state index in [9.17, 15) is 13.2 Å². The minimum atomic E-state index is -3.38.